The Bertz CT molecular complexity index is 1830. The first kappa shape index (κ1) is 33.6. The van der Waals surface area contributed by atoms with Gasteiger partial charge in [-0.2, -0.15) is 0 Å². The molecule has 0 aliphatic carbocycles. The van der Waals surface area contributed by atoms with E-state index in [-0.39, 0.29) is 41.7 Å². The van der Waals surface area contributed by atoms with E-state index >= 15 is 0 Å². The normalized spacial score (nSPS) is 13.1. The van der Waals surface area contributed by atoms with Crippen LogP contribution < -0.4 is 10.6 Å². The van der Waals surface area contributed by atoms with Crippen molar-refractivity contribution in [2.45, 2.75) is 73.9 Å². The summed E-state index contributed by atoms with van der Waals surface area (Å²) >= 11 is 0. The number of aromatic nitrogens is 4. The van der Waals surface area contributed by atoms with E-state index in [0.29, 0.717) is 12.3 Å². The number of carbonyl (C=O) groups is 2. The Morgan fingerprint density at radius 3 is 1.62 bits per heavy atom. The Labute approximate surface area is 278 Å². The summed E-state index contributed by atoms with van der Waals surface area (Å²) < 4.78 is 0. The first-order valence-corrected chi connectivity index (χ1v) is 16.7. The topological polar surface area (TPSA) is 116 Å². The van der Waals surface area contributed by atoms with E-state index in [9.17, 15) is 9.59 Å². The Morgan fingerprint density at radius 2 is 1.09 bits per heavy atom. The van der Waals surface area contributed by atoms with E-state index in [4.69, 9.17) is 0 Å². The van der Waals surface area contributed by atoms with Crippen LogP contribution in [0.4, 0.5) is 0 Å². The Balaban J connectivity index is 1.31. The molecule has 3 aromatic carbocycles. The SMILES string of the molecule is CC(C)CC(=O)N[C@H](c1ncc(-c2ccc3cc(-c4ccc(-c5cnc([C@@H](NC(=O)C(C)C)C(C)C)[nH]5)cc4)ccc3c2)[nH]1)C(C)C. The lowest BCUT2D eigenvalue weighted by Crippen LogP contribution is -2.35. The third-order valence-corrected chi connectivity index (χ3v) is 8.53. The molecule has 0 fully saturated rings. The highest BCUT2D eigenvalue weighted by atomic mass is 16.2. The van der Waals surface area contributed by atoms with Gasteiger partial charge in [0.25, 0.3) is 0 Å². The third-order valence-electron chi connectivity index (χ3n) is 8.53. The van der Waals surface area contributed by atoms with Gasteiger partial charge in [0.1, 0.15) is 11.6 Å². The molecule has 0 aliphatic rings. The zero-order chi connectivity index (χ0) is 33.8. The van der Waals surface area contributed by atoms with Crippen LogP contribution in [-0.2, 0) is 9.59 Å². The molecule has 8 nitrogen and oxygen atoms in total. The largest absolute Gasteiger partial charge is 0.346 e. The van der Waals surface area contributed by atoms with Crippen LogP contribution in [0.25, 0.3) is 44.4 Å². The lowest BCUT2D eigenvalue weighted by Gasteiger charge is -2.21. The van der Waals surface area contributed by atoms with Gasteiger partial charge in [-0.1, -0.05) is 104 Å². The number of rotatable bonds is 12. The number of carbonyl (C=O) groups excluding carboxylic acids is 2. The molecule has 0 unspecified atom stereocenters. The second-order valence-corrected chi connectivity index (χ2v) is 14.0. The Hall–Kier alpha value is -4.72. The van der Waals surface area contributed by atoms with Gasteiger partial charge in [-0.25, -0.2) is 9.97 Å². The fraction of sp³-hybridized carbons (Fsp3) is 0.385. The highest BCUT2D eigenvalue weighted by molar-refractivity contribution is 5.90. The molecule has 0 saturated carbocycles. The molecule has 0 bridgehead atoms. The fourth-order valence-electron chi connectivity index (χ4n) is 5.74. The molecule has 0 radical (unpaired) electrons. The van der Waals surface area contributed by atoms with Gasteiger partial charge in [-0.15, -0.1) is 0 Å². The van der Waals surface area contributed by atoms with Crippen molar-refractivity contribution in [1.29, 1.82) is 0 Å². The highest BCUT2D eigenvalue weighted by Gasteiger charge is 2.24. The molecule has 2 atom stereocenters. The molecule has 4 N–H and O–H groups in total. The lowest BCUT2D eigenvalue weighted by molar-refractivity contribution is -0.125. The zero-order valence-electron chi connectivity index (χ0n) is 28.8. The molecule has 5 aromatic rings. The number of nitrogens with one attached hydrogen (secondary N) is 4. The molecular weight excluding hydrogens is 584 g/mol. The van der Waals surface area contributed by atoms with E-state index in [2.05, 4.69) is 119 Å². The number of H-pyrrole nitrogens is 2. The maximum absolute atomic E-state index is 12.5. The van der Waals surface area contributed by atoms with Crippen molar-refractivity contribution in [2.24, 2.45) is 23.7 Å². The number of fused-ring (bicyclic) bond motifs is 1. The molecule has 0 spiro atoms. The summed E-state index contributed by atoms with van der Waals surface area (Å²) in [5.41, 5.74) is 6.19. The number of benzene rings is 3. The molecule has 8 heteroatoms. The number of imidazole rings is 2. The summed E-state index contributed by atoms with van der Waals surface area (Å²) in [6.07, 6.45) is 4.19. The molecular formula is C39H48N6O2. The van der Waals surface area contributed by atoms with Gasteiger partial charge in [-0.05, 0) is 57.3 Å². The molecule has 47 heavy (non-hydrogen) atoms. The Morgan fingerprint density at radius 1 is 0.617 bits per heavy atom. The van der Waals surface area contributed by atoms with Crippen molar-refractivity contribution in [1.82, 2.24) is 30.6 Å². The van der Waals surface area contributed by atoms with Crippen LogP contribution in [0.15, 0.2) is 73.1 Å². The summed E-state index contributed by atoms with van der Waals surface area (Å²) in [7, 11) is 0. The van der Waals surface area contributed by atoms with Crippen LogP contribution in [0, 0.1) is 23.7 Å². The van der Waals surface area contributed by atoms with Crippen molar-refractivity contribution in [3.05, 3.63) is 84.7 Å². The number of nitrogens with zero attached hydrogens (tertiary/aromatic N) is 2. The quantitative estimate of drug-likeness (QED) is 0.110. The average molecular weight is 633 g/mol. The molecule has 2 aromatic heterocycles. The maximum Gasteiger partial charge on any atom is 0.223 e. The van der Waals surface area contributed by atoms with Crippen LogP contribution in [0.3, 0.4) is 0 Å². The number of aromatic amines is 2. The summed E-state index contributed by atoms with van der Waals surface area (Å²) in [4.78, 5) is 41.0. The van der Waals surface area contributed by atoms with Gasteiger partial charge in [-0.3, -0.25) is 9.59 Å². The summed E-state index contributed by atoms with van der Waals surface area (Å²) in [6, 6.07) is 21.0. The number of amides is 2. The second kappa shape index (κ2) is 14.4. The van der Waals surface area contributed by atoms with Crippen molar-refractivity contribution < 1.29 is 9.59 Å². The van der Waals surface area contributed by atoms with Crippen molar-refractivity contribution >= 4 is 22.6 Å². The second-order valence-electron chi connectivity index (χ2n) is 14.0. The number of hydrogen-bond donors (Lipinski definition) is 4. The van der Waals surface area contributed by atoms with Gasteiger partial charge >= 0.3 is 0 Å². The van der Waals surface area contributed by atoms with E-state index in [1.54, 1.807) is 0 Å². The Kier molecular flexibility index (Phi) is 10.3. The van der Waals surface area contributed by atoms with Crippen LogP contribution in [0.5, 0.6) is 0 Å². The summed E-state index contributed by atoms with van der Waals surface area (Å²) in [6.45, 7) is 16.2. The van der Waals surface area contributed by atoms with E-state index in [1.807, 2.05) is 40.1 Å². The summed E-state index contributed by atoms with van der Waals surface area (Å²) in [5.74, 6) is 2.23. The number of hydrogen-bond acceptors (Lipinski definition) is 4. The zero-order valence-corrected chi connectivity index (χ0v) is 28.8. The molecule has 0 saturated heterocycles. The standard InChI is InChI=1S/C39H48N6O2/c1-22(2)17-34(46)44-35(23(3)4)37-41-21-33(43-37)31-16-15-29-18-28(13-14-30(29)19-31)26-9-11-27(12-10-26)32-20-40-38(42-32)36(24(5)6)45-39(47)25(7)8/h9-16,18-25,35-36H,17H2,1-8H3,(H,40,42)(H,41,43)(H,44,46)(H,45,47)/t35-,36-/m0/s1. The first-order valence-electron chi connectivity index (χ1n) is 16.7. The van der Waals surface area contributed by atoms with Crippen LogP contribution >= 0.6 is 0 Å². The van der Waals surface area contributed by atoms with E-state index < -0.39 is 0 Å². The molecule has 5 rings (SSSR count). The van der Waals surface area contributed by atoms with Crippen LogP contribution in [0.2, 0.25) is 0 Å². The molecule has 2 heterocycles. The van der Waals surface area contributed by atoms with Gasteiger partial charge < -0.3 is 20.6 Å². The molecule has 0 aliphatic heterocycles. The molecule has 2 amide bonds. The van der Waals surface area contributed by atoms with Crippen LogP contribution in [0.1, 0.15) is 85.5 Å². The lowest BCUT2D eigenvalue weighted by atomic mass is 9.98. The van der Waals surface area contributed by atoms with E-state index in [0.717, 1.165) is 56.1 Å². The van der Waals surface area contributed by atoms with Crippen molar-refractivity contribution in [3.8, 4) is 33.6 Å². The van der Waals surface area contributed by atoms with Crippen molar-refractivity contribution in [3.63, 3.8) is 0 Å². The smallest absolute Gasteiger partial charge is 0.223 e. The third kappa shape index (κ3) is 7.99. The predicted octanol–water partition coefficient (Wildman–Crippen LogP) is 8.62. The first-order chi connectivity index (χ1) is 22.4. The maximum atomic E-state index is 12.5. The minimum absolute atomic E-state index is 0.0204. The summed E-state index contributed by atoms with van der Waals surface area (Å²) in [5, 5.41) is 8.57. The van der Waals surface area contributed by atoms with Gasteiger partial charge in [0, 0.05) is 17.9 Å². The van der Waals surface area contributed by atoms with Gasteiger partial charge in [0.05, 0.1) is 35.9 Å². The molecule has 246 valence electrons. The minimum atomic E-state index is -0.175. The van der Waals surface area contributed by atoms with Crippen molar-refractivity contribution in [2.75, 3.05) is 0 Å². The average Bonchev–Trinajstić information content (AvgIpc) is 3.72. The predicted molar refractivity (Wildman–Crippen MR) is 190 cm³/mol. The minimum Gasteiger partial charge on any atom is -0.346 e. The van der Waals surface area contributed by atoms with Gasteiger partial charge in [0.15, 0.2) is 0 Å². The van der Waals surface area contributed by atoms with Crippen LogP contribution in [-0.4, -0.2) is 31.8 Å². The fourth-order valence-corrected chi connectivity index (χ4v) is 5.74. The van der Waals surface area contributed by atoms with Gasteiger partial charge in [0.2, 0.25) is 11.8 Å². The van der Waals surface area contributed by atoms with E-state index in [1.165, 1.54) is 0 Å². The highest BCUT2D eigenvalue weighted by Crippen LogP contribution is 2.31. The monoisotopic (exact) mass is 632 g/mol.